The number of carbonyl (C=O) groups excluding carboxylic acids is 3. The van der Waals surface area contributed by atoms with Gasteiger partial charge in [-0.25, -0.2) is 0 Å². The van der Waals surface area contributed by atoms with Crippen molar-refractivity contribution in [3.05, 3.63) is 84.4 Å². The van der Waals surface area contributed by atoms with Crippen LogP contribution in [0.3, 0.4) is 0 Å². The van der Waals surface area contributed by atoms with Crippen LogP contribution in [0.2, 0.25) is 0 Å². The van der Waals surface area contributed by atoms with E-state index in [0.29, 0.717) is 30.9 Å². The molecule has 2 aliphatic rings. The molecule has 0 bridgehead atoms. The quantitative estimate of drug-likeness (QED) is 0.561. The fourth-order valence-corrected chi connectivity index (χ4v) is 4.91. The Morgan fingerprint density at radius 1 is 0.865 bits per heavy atom. The number of nitrogens with one attached hydrogen (secondary N) is 1. The number of hydrogen-bond donors (Lipinski definition) is 1. The Hall–Kier alpha value is -4.33. The molecule has 1 N–H and O–H groups in total. The average Bonchev–Trinajstić information content (AvgIpc) is 3.35. The lowest BCUT2D eigenvalue weighted by molar-refractivity contribution is -0.122. The molecule has 2 heterocycles. The van der Waals surface area contributed by atoms with Crippen LogP contribution in [0.25, 0.3) is 0 Å². The number of carbonyl (C=O) groups is 3. The molecule has 2 saturated heterocycles. The molecule has 3 amide bonds. The number of piperazine rings is 1. The SMILES string of the molecule is COc1ccccc1N1CCN(C(=O)c2ccc(NC(=O)C3CC(=O)N(c4ccccc4)C3)cc2)CC1. The summed E-state index contributed by atoms with van der Waals surface area (Å²) in [6.45, 7) is 3.03. The molecule has 2 fully saturated rings. The van der Waals surface area contributed by atoms with Crippen LogP contribution in [0, 0.1) is 5.92 Å². The summed E-state index contributed by atoms with van der Waals surface area (Å²) in [6, 6.07) is 24.2. The second-order valence-electron chi connectivity index (χ2n) is 9.26. The Balaban J connectivity index is 1.15. The van der Waals surface area contributed by atoms with Gasteiger partial charge >= 0.3 is 0 Å². The highest BCUT2D eigenvalue weighted by atomic mass is 16.5. The summed E-state index contributed by atoms with van der Waals surface area (Å²) in [5.41, 5.74) is 3.02. The first-order valence-corrected chi connectivity index (χ1v) is 12.5. The lowest BCUT2D eigenvalue weighted by atomic mass is 10.1. The lowest BCUT2D eigenvalue weighted by Gasteiger charge is -2.36. The first-order chi connectivity index (χ1) is 18.0. The van der Waals surface area contributed by atoms with Crippen molar-refractivity contribution in [3.63, 3.8) is 0 Å². The summed E-state index contributed by atoms with van der Waals surface area (Å²) in [5, 5.41) is 2.90. The minimum absolute atomic E-state index is 0.0301. The zero-order valence-corrected chi connectivity index (χ0v) is 20.8. The van der Waals surface area contributed by atoms with E-state index < -0.39 is 5.92 Å². The van der Waals surface area contributed by atoms with Crippen LogP contribution in [0.1, 0.15) is 16.8 Å². The van der Waals surface area contributed by atoms with Crippen molar-refractivity contribution in [3.8, 4) is 5.75 Å². The molecular weight excluding hydrogens is 468 g/mol. The summed E-state index contributed by atoms with van der Waals surface area (Å²) in [4.78, 5) is 44.1. The second kappa shape index (κ2) is 10.7. The highest BCUT2D eigenvalue weighted by Crippen LogP contribution is 2.29. The van der Waals surface area contributed by atoms with Crippen LogP contribution in [0.15, 0.2) is 78.9 Å². The van der Waals surface area contributed by atoms with Crippen molar-refractivity contribution >= 4 is 34.8 Å². The summed E-state index contributed by atoms with van der Waals surface area (Å²) >= 11 is 0. The topological polar surface area (TPSA) is 82.2 Å². The van der Waals surface area contributed by atoms with Crippen molar-refractivity contribution in [1.29, 1.82) is 0 Å². The third kappa shape index (κ3) is 5.28. The summed E-state index contributed by atoms with van der Waals surface area (Å²) in [7, 11) is 1.66. The molecule has 0 radical (unpaired) electrons. The van der Waals surface area contributed by atoms with E-state index in [0.717, 1.165) is 30.2 Å². The van der Waals surface area contributed by atoms with Crippen molar-refractivity contribution in [1.82, 2.24) is 4.90 Å². The third-order valence-electron chi connectivity index (χ3n) is 6.96. The number of nitrogens with zero attached hydrogens (tertiary/aromatic N) is 3. The number of benzene rings is 3. The normalized spacial score (nSPS) is 17.6. The van der Waals surface area contributed by atoms with Crippen LogP contribution in [0.4, 0.5) is 17.1 Å². The first-order valence-electron chi connectivity index (χ1n) is 12.5. The zero-order valence-electron chi connectivity index (χ0n) is 20.8. The van der Waals surface area contributed by atoms with Crippen LogP contribution >= 0.6 is 0 Å². The number of anilines is 3. The lowest BCUT2D eigenvalue weighted by Crippen LogP contribution is -2.48. The average molecular weight is 499 g/mol. The van der Waals surface area contributed by atoms with Gasteiger partial charge in [0.2, 0.25) is 11.8 Å². The molecule has 190 valence electrons. The Kier molecular flexibility index (Phi) is 7.07. The van der Waals surface area contributed by atoms with Crippen molar-refractivity contribution in [2.24, 2.45) is 5.92 Å². The minimum atomic E-state index is -0.423. The predicted octanol–water partition coefficient (Wildman–Crippen LogP) is 3.65. The molecule has 3 aromatic carbocycles. The molecule has 0 saturated carbocycles. The van der Waals surface area contributed by atoms with E-state index >= 15 is 0 Å². The fraction of sp³-hybridized carbons (Fsp3) is 0.276. The van der Waals surface area contributed by atoms with Gasteiger partial charge in [0.05, 0.1) is 18.7 Å². The van der Waals surface area contributed by atoms with Gasteiger partial charge in [0, 0.05) is 56.1 Å². The number of hydrogen-bond acceptors (Lipinski definition) is 5. The van der Waals surface area contributed by atoms with E-state index in [1.54, 1.807) is 36.3 Å². The maximum Gasteiger partial charge on any atom is 0.253 e. The smallest absolute Gasteiger partial charge is 0.253 e. The van der Waals surface area contributed by atoms with Gasteiger partial charge in [-0.05, 0) is 48.5 Å². The standard InChI is InChI=1S/C29H30N4O4/c1-37-26-10-6-5-9-25(26)31-15-17-32(18-16-31)29(36)21-11-13-23(14-12-21)30-28(35)22-19-27(34)33(20-22)24-7-3-2-4-8-24/h2-14,22H,15-20H2,1H3,(H,30,35). The summed E-state index contributed by atoms with van der Waals surface area (Å²) in [5.74, 6) is 0.122. The molecule has 5 rings (SSSR count). The maximum absolute atomic E-state index is 13.1. The van der Waals surface area contributed by atoms with E-state index in [9.17, 15) is 14.4 Å². The second-order valence-corrected chi connectivity index (χ2v) is 9.26. The zero-order chi connectivity index (χ0) is 25.8. The van der Waals surface area contributed by atoms with E-state index in [-0.39, 0.29) is 24.1 Å². The Bertz CT molecular complexity index is 1270. The fourth-order valence-electron chi connectivity index (χ4n) is 4.91. The Labute approximate surface area is 216 Å². The Morgan fingerprint density at radius 3 is 2.24 bits per heavy atom. The van der Waals surface area contributed by atoms with E-state index in [1.165, 1.54) is 0 Å². The Morgan fingerprint density at radius 2 is 1.54 bits per heavy atom. The third-order valence-corrected chi connectivity index (χ3v) is 6.96. The van der Waals surface area contributed by atoms with Gasteiger partial charge in [0.15, 0.2) is 0 Å². The monoisotopic (exact) mass is 498 g/mol. The van der Waals surface area contributed by atoms with E-state index in [1.807, 2.05) is 59.5 Å². The summed E-state index contributed by atoms with van der Waals surface area (Å²) in [6.07, 6.45) is 0.179. The minimum Gasteiger partial charge on any atom is -0.495 e. The first kappa shape index (κ1) is 24.4. The number of amides is 3. The van der Waals surface area contributed by atoms with Gasteiger partial charge in [-0.15, -0.1) is 0 Å². The molecule has 37 heavy (non-hydrogen) atoms. The molecule has 8 heteroatoms. The molecule has 0 spiro atoms. The van der Waals surface area contributed by atoms with Gasteiger partial charge < -0.3 is 24.8 Å². The number of rotatable bonds is 6. The van der Waals surface area contributed by atoms with Crippen molar-refractivity contribution in [2.75, 3.05) is 55.0 Å². The van der Waals surface area contributed by atoms with Crippen LogP contribution < -0.4 is 19.9 Å². The summed E-state index contributed by atoms with van der Waals surface area (Å²) < 4.78 is 5.47. The number of para-hydroxylation sites is 3. The van der Waals surface area contributed by atoms with Crippen LogP contribution in [0.5, 0.6) is 5.75 Å². The molecule has 2 aliphatic heterocycles. The van der Waals surface area contributed by atoms with Gasteiger partial charge in [-0.2, -0.15) is 0 Å². The van der Waals surface area contributed by atoms with Gasteiger partial charge in [-0.1, -0.05) is 30.3 Å². The van der Waals surface area contributed by atoms with Gasteiger partial charge in [-0.3, -0.25) is 14.4 Å². The van der Waals surface area contributed by atoms with Crippen LogP contribution in [-0.2, 0) is 9.59 Å². The molecular formula is C29H30N4O4. The maximum atomic E-state index is 13.1. The molecule has 3 aromatic rings. The van der Waals surface area contributed by atoms with Crippen LogP contribution in [-0.4, -0.2) is 62.5 Å². The van der Waals surface area contributed by atoms with E-state index in [2.05, 4.69) is 10.2 Å². The highest BCUT2D eigenvalue weighted by Gasteiger charge is 2.35. The number of methoxy groups -OCH3 is 1. The molecule has 0 aromatic heterocycles. The highest BCUT2D eigenvalue weighted by molar-refractivity contribution is 6.03. The van der Waals surface area contributed by atoms with Crippen molar-refractivity contribution in [2.45, 2.75) is 6.42 Å². The largest absolute Gasteiger partial charge is 0.495 e. The molecule has 8 nitrogen and oxygen atoms in total. The van der Waals surface area contributed by atoms with Crippen molar-refractivity contribution < 1.29 is 19.1 Å². The van der Waals surface area contributed by atoms with Gasteiger partial charge in [0.1, 0.15) is 5.75 Å². The molecule has 1 unspecified atom stereocenters. The van der Waals surface area contributed by atoms with Gasteiger partial charge in [0.25, 0.3) is 5.91 Å². The van der Waals surface area contributed by atoms with E-state index in [4.69, 9.17) is 4.74 Å². The predicted molar refractivity (Wildman–Crippen MR) is 143 cm³/mol. The molecule has 1 atom stereocenters. The molecule has 0 aliphatic carbocycles. The number of ether oxygens (including phenoxy) is 1.